The fourth-order valence-electron chi connectivity index (χ4n) is 9.02. The topological polar surface area (TPSA) is 225 Å². The number of aromatic amines is 1. The monoisotopic (exact) mass is 1130 g/mol. The number of carbonyl (C=O) groups is 8. The van der Waals surface area contributed by atoms with Crippen molar-refractivity contribution < 1.29 is 38.4 Å². The van der Waals surface area contributed by atoms with Crippen LogP contribution in [0.1, 0.15) is 181 Å². The van der Waals surface area contributed by atoms with Crippen LogP contribution < -0.4 is 26.6 Å². The number of carbonyl (C=O) groups excluding carboxylic acids is 8. The van der Waals surface area contributed by atoms with Gasteiger partial charge < -0.3 is 31.6 Å². The van der Waals surface area contributed by atoms with Gasteiger partial charge in [-0.25, -0.2) is 4.98 Å². The standard InChI is InChI=1S/C20H36N2O3S2.C20H38N2O3S2.C15H25N3O2.CH4/c1-14(15(2)23)18(20(3,4)5)19(25)22-12-11-21-17(24)9-7-6-8-16-10-13-26-27-16;1-14(15(2)23)18(20(3,4)5)19(25)22-12-11-21-17(24)9-7-6-8-16(27)10-13-26;1-10(11(2)19)13(15(3,4)5)14(20)17-7-6-12-8-16-9-18-12;/h14,16,18H,6-13H2,1-5H3,(H,21,24)(H,22,25);14,16,18,26-27H,6-13H2,1-5H3,(H,21,24)(H,22,25);8-10,13H,6-7H2,1-5H3,(H,16,18)(H,17,20);1H4. The number of ketones is 3. The van der Waals surface area contributed by atoms with E-state index >= 15 is 0 Å². The minimum absolute atomic E-state index is 0. The first-order valence-corrected chi connectivity index (χ1v) is 30.3. The van der Waals surface area contributed by atoms with Gasteiger partial charge in [-0.1, -0.05) is 125 Å². The van der Waals surface area contributed by atoms with E-state index in [2.05, 4.69) is 61.8 Å². The lowest BCUT2D eigenvalue weighted by Crippen LogP contribution is -2.45. The quantitative estimate of drug-likeness (QED) is 0.0206. The molecule has 0 aromatic carbocycles. The highest BCUT2D eigenvalue weighted by atomic mass is 33.1. The van der Waals surface area contributed by atoms with Gasteiger partial charge >= 0.3 is 0 Å². The van der Waals surface area contributed by atoms with E-state index < -0.39 is 5.92 Å². The molecule has 1 fully saturated rings. The number of Topliss-reactive ketones (excluding diaryl/α,β-unsaturated/α-hetero) is 3. The number of imidazole rings is 1. The molecule has 15 nitrogen and oxygen atoms in total. The molecule has 0 radical (unpaired) electrons. The van der Waals surface area contributed by atoms with Crippen LogP contribution in [0.15, 0.2) is 12.5 Å². The maximum atomic E-state index is 12.5. The highest BCUT2D eigenvalue weighted by molar-refractivity contribution is 8.77. The normalized spacial score (nSPS) is 16.3. The molecular formula is C56H103N7O8S4. The molecule has 1 aromatic rings. The second-order valence-corrected chi connectivity index (χ2v) is 27.1. The van der Waals surface area contributed by atoms with Gasteiger partial charge in [0.1, 0.15) is 17.3 Å². The van der Waals surface area contributed by atoms with Crippen molar-refractivity contribution in [2.45, 2.75) is 192 Å². The molecule has 1 aromatic heterocycles. The van der Waals surface area contributed by atoms with Crippen molar-refractivity contribution in [1.29, 1.82) is 0 Å². The Balaban J connectivity index is 0. The van der Waals surface area contributed by atoms with Gasteiger partial charge in [0.05, 0.1) is 24.1 Å². The summed E-state index contributed by atoms with van der Waals surface area (Å²) >= 11 is 8.66. The number of amides is 5. The first-order chi connectivity index (χ1) is 34.4. The van der Waals surface area contributed by atoms with Gasteiger partial charge in [0, 0.05) is 97.9 Å². The molecule has 434 valence electrons. The van der Waals surface area contributed by atoms with E-state index in [1.54, 1.807) is 26.4 Å². The van der Waals surface area contributed by atoms with Crippen LogP contribution in [-0.2, 0) is 44.8 Å². The van der Waals surface area contributed by atoms with Gasteiger partial charge in [-0.05, 0) is 81.3 Å². The number of hydrogen-bond donors (Lipinski definition) is 8. The first kappa shape index (κ1) is 74.0. The summed E-state index contributed by atoms with van der Waals surface area (Å²) < 4.78 is 0. The molecule has 0 aliphatic carbocycles. The highest BCUT2D eigenvalue weighted by Crippen LogP contribution is 2.40. The lowest BCUT2D eigenvalue weighted by molar-refractivity contribution is -0.136. The number of aromatic nitrogens is 2. The zero-order valence-electron chi connectivity index (χ0n) is 47.9. The van der Waals surface area contributed by atoms with Crippen molar-refractivity contribution in [3.8, 4) is 0 Å². The molecule has 8 atom stereocenters. The van der Waals surface area contributed by atoms with Gasteiger partial charge in [-0.15, -0.1) is 0 Å². The molecule has 5 amide bonds. The maximum absolute atomic E-state index is 12.5. The summed E-state index contributed by atoms with van der Waals surface area (Å²) in [5.41, 5.74) is 0.130. The Labute approximate surface area is 472 Å². The third-order valence-electron chi connectivity index (χ3n) is 13.4. The van der Waals surface area contributed by atoms with E-state index in [0.717, 1.165) is 55.2 Å². The van der Waals surface area contributed by atoms with Gasteiger partial charge in [0.25, 0.3) is 0 Å². The zero-order chi connectivity index (χ0) is 56.8. The molecule has 6 N–H and O–H groups in total. The molecule has 19 heteroatoms. The average molecular weight is 1130 g/mol. The number of rotatable bonds is 30. The predicted molar refractivity (Wildman–Crippen MR) is 319 cm³/mol. The minimum atomic E-state index is -0.392. The number of H-pyrrole nitrogens is 1. The van der Waals surface area contributed by atoms with Crippen molar-refractivity contribution in [3.63, 3.8) is 0 Å². The van der Waals surface area contributed by atoms with Crippen LogP contribution in [0.3, 0.4) is 0 Å². The Kier molecular flexibility index (Phi) is 38.0. The van der Waals surface area contributed by atoms with Crippen molar-refractivity contribution in [3.05, 3.63) is 18.2 Å². The Morgan fingerprint density at radius 2 is 1.03 bits per heavy atom. The van der Waals surface area contributed by atoms with Crippen LogP contribution in [-0.4, -0.2) is 112 Å². The summed E-state index contributed by atoms with van der Waals surface area (Å²) in [7, 11) is 3.94. The summed E-state index contributed by atoms with van der Waals surface area (Å²) in [6, 6.07) is 0. The Morgan fingerprint density at radius 3 is 1.37 bits per heavy atom. The molecule has 1 saturated heterocycles. The van der Waals surface area contributed by atoms with E-state index in [1.165, 1.54) is 32.4 Å². The van der Waals surface area contributed by atoms with Crippen molar-refractivity contribution in [2.75, 3.05) is 44.2 Å². The maximum Gasteiger partial charge on any atom is 0.224 e. The second kappa shape index (κ2) is 38.5. The van der Waals surface area contributed by atoms with Crippen molar-refractivity contribution in [2.24, 2.45) is 51.8 Å². The summed E-state index contributed by atoms with van der Waals surface area (Å²) in [5, 5.41) is 15.5. The number of hydrogen-bond acceptors (Lipinski definition) is 13. The smallest absolute Gasteiger partial charge is 0.224 e. The van der Waals surface area contributed by atoms with Gasteiger partial charge in [-0.2, -0.15) is 25.3 Å². The Bertz CT molecular complexity index is 1840. The lowest BCUT2D eigenvalue weighted by Gasteiger charge is -2.33. The highest BCUT2D eigenvalue weighted by Gasteiger charge is 2.40. The average Bonchev–Trinajstić information content (AvgIpc) is 4.01. The number of unbranched alkanes of at least 4 members (excludes halogenated alkanes) is 2. The third-order valence-corrected chi connectivity index (χ3v) is 17.2. The third kappa shape index (κ3) is 32.5. The van der Waals surface area contributed by atoms with Gasteiger partial charge in [-0.3, -0.25) is 38.4 Å². The molecule has 1 aliphatic heterocycles. The summed E-state index contributed by atoms with van der Waals surface area (Å²) in [4.78, 5) is 103. The number of thiol groups is 2. The van der Waals surface area contributed by atoms with E-state index in [9.17, 15) is 38.4 Å². The molecule has 75 heavy (non-hydrogen) atoms. The number of nitrogens with zero attached hydrogens (tertiary/aromatic N) is 1. The van der Waals surface area contributed by atoms with E-state index in [-0.39, 0.29) is 100 Å². The largest absolute Gasteiger partial charge is 0.355 e. The molecule has 1 aliphatic rings. The molecule has 8 unspecified atom stereocenters. The van der Waals surface area contributed by atoms with Crippen LogP contribution in [0.25, 0.3) is 0 Å². The van der Waals surface area contributed by atoms with Crippen molar-refractivity contribution in [1.82, 2.24) is 36.6 Å². The number of nitrogens with one attached hydrogen (secondary N) is 6. The Hall–Kier alpha value is -3.03. The fraction of sp³-hybridized carbons (Fsp3) is 0.804. The van der Waals surface area contributed by atoms with E-state index in [1.807, 2.05) is 97.7 Å². The summed E-state index contributed by atoms with van der Waals surface area (Å²) in [6.07, 6.45) is 13.4. The van der Waals surface area contributed by atoms with Crippen molar-refractivity contribution >= 4 is 93.7 Å². The Morgan fingerprint density at radius 1 is 0.627 bits per heavy atom. The summed E-state index contributed by atoms with van der Waals surface area (Å²) in [6.45, 7) is 29.9. The summed E-state index contributed by atoms with van der Waals surface area (Å²) in [5.74, 6) is -0.120. The van der Waals surface area contributed by atoms with Crippen LogP contribution in [0, 0.1) is 51.8 Å². The van der Waals surface area contributed by atoms with Crippen LogP contribution in [0.2, 0.25) is 0 Å². The molecule has 2 heterocycles. The minimum Gasteiger partial charge on any atom is -0.355 e. The molecule has 0 saturated carbocycles. The van der Waals surface area contributed by atoms with Crippen LogP contribution >= 0.6 is 46.8 Å². The molecule has 0 bridgehead atoms. The second-order valence-electron chi connectivity index (χ2n) is 23.1. The lowest BCUT2D eigenvalue weighted by atomic mass is 9.72. The molecular weight excluding hydrogens is 1030 g/mol. The molecule has 0 spiro atoms. The predicted octanol–water partition coefficient (Wildman–Crippen LogP) is 9.70. The van der Waals surface area contributed by atoms with Gasteiger partial charge in [0.15, 0.2) is 0 Å². The SMILES string of the molecule is C.CC(=O)C(C)C(C(=O)NCCNC(=O)CCCCC(S)CCS)C(C)(C)C.CC(=O)C(C)C(C(=O)NCCNC(=O)CCCCC1CCSS1)C(C)(C)C.CC(=O)C(C)C(C(=O)NCCc1cnc[nH]1)C(C)(C)C. The zero-order valence-corrected chi connectivity index (χ0v) is 51.3. The van der Waals surface area contributed by atoms with Crippen LogP contribution in [0.4, 0.5) is 0 Å². The van der Waals surface area contributed by atoms with E-state index in [0.29, 0.717) is 57.2 Å². The first-order valence-electron chi connectivity index (χ1n) is 26.8. The van der Waals surface area contributed by atoms with Crippen LogP contribution in [0.5, 0.6) is 0 Å². The van der Waals surface area contributed by atoms with Gasteiger partial charge in [0.2, 0.25) is 29.5 Å². The van der Waals surface area contributed by atoms with E-state index in [4.69, 9.17) is 0 Å². The fourth-order valence-corrected chi connectivity index (χ4v) is 12.9. The molecule has 2 rings (SSSR count).